The Kier molecular flexibility index (Phi) is 5.79. The summed E-state index contributed by atoms with van der Waals surface area (Å²) in [4.78, 5) is 17.8. The second-order valence-electron chi connectivity index (χ2n) is 4.78. The Balaban J connectivity index is 2.17. The minimum atomic E-state index is -0.286. The molecule has 0 atom stereocenters. The van der Waals surface area contributed by atoms with Crippen molar-refractivity contribution in [1.82, 2.24) is 4.57 Å². The van der Waals surface area contributed by atoms with Crippen LogP contribution in [0.5, 0.6) is 0 Å². The Bertz CT molecular complexity index is 978. The van der Waals surface area contributed by atoms with E-state index in [0.717, 1.165) is 14.0 Å². The highest BCUT2D eigenvalue weighted by Gasteiger charge is 2.13. The van der Waals surface area contributed by atoms with Crippen molar-refractivity contribution in [1.29, 1.82) is 0 Å². The van der Waals surface area contributed by atoms with E-state index in [9.17, 15) is 4.79 Å². The van der Waals surface area contributed by atoms with Crippen LogP contribution >= 0.6 is 61.8 Å². The first-order valence-electron chi connectivity index (χ1n) is 6.81. The predicted octanol–water partition coefficient (Wildman–Crippen LogP) is 5.22. The topological polar surface area (TPSA) is 43.6 Å². The molecule has 3 rings (SSSR count). The number of nitrogens with zero attached hydrogens (tertiary/aromatic N) is 2. The molecule has 0 aliphatic carbocycles. The van der Waals surface area contributed by atoms with Crippen LogP contribution in [0.25, 0.3) is 10.2 Å². The maximum Gasteiger partial charge on any atom is 0.289 e. The third-order valence-electron chi connectivity index (χ3n) is 3.20. The number of methoxy groups -OCH3 is 1. The summed E-state index contributed by atoms with van der Waals surface area (Å²) in [5.74, 6) is -0.286. The molecule has 2 heterocycles. The molecule has 4 nitrogen and oxygen atoms in total. The summed E-state index contributed by atoms with van der Waals surface area (Å²) < 4.78 is 8.82. The van der Waals surface area contributed by atoms with Gasteiger partial charge in [-0.1, -0.05) is 34.5 Å². The van der Waals surface area contributed by atoms with Crippen LogP contribution in [0.2, 0.25) is 10.0 Å². The second-order valence-corrected chi connectivity index (χ2v) is 9.10. The first kappa shape index (κ1) is 18.1. The van der Waals surface area contributed by atoms with Crippen molar-refractivity contribution in [3.05, 3.63) is 47.8 Å². The van der Waals surface area contributed by atoms with E-state index >= 15 is 0 Å². The molecule has 0 aliphatic heterocycles. The Labute approximate surface area is 164 Å². The smallest absolute Gasteiger partial charge is 0.289 e. The summed E-state index contributed by atoms with van der Waals surface area (Å²) in [6, 6.07) is 7.08. The number of halogens is 3. The lowest BCUT2D eigenvalue weighted by Gasteiger charge is -2.05. The Morgan fingerprint density at radius 2 is 2.12 bits per heavy atom. The number of aromatic nitrogens is 1. The van der Waals surface area contributed by atoms with E-state index in [1.54, 1.807) is 19.2 Å². The number of amides is 1. The monoisotopic (exact) mass is 464 g/mol. The molecule has 0 N–H and O–H groups in total. The summed E-state index contributed by atoms with van der Waals surface area (Å²) in [5, 5.41) is 1.07. The van der Waals surface area contributed by atoms with Crippen molar-refractivity contribution in [2.24, 2.45) is 4.99 Å². The van der Waals surface area contributed by atoms with Gasteiger partial charge < -0.3 is 9.30 Å². The molecular formula is C15H11BrCl2N2O2S2. The number of thiophene rings is 1. The van der Waals surface area contributed by atoms with Gasteiger partial charge in [0, 0.05) is 18.7 Å². The maximum atomic E-state index is 12.4. The molecule has 3 aromatic rings. The number of fused-ring (bicyclic) bond motifs is 1. The lowest BCUT2D eigenvalue weighted by atomic mass is 10.3. The van der Waals surface area contributed by atoms with Crippen LogP contribution in [0.4, 0.5) is 0 Å². The summed E-state index contributed by atoms with van der Waals surface area (Å²) in [7, 11) is 1.62. The minimum absolute atomic E-state index is 0.286. The van der Waals surface area contributed by atoms with Gasteiger partial charge in [-0.25, -0.2) is 0 Å². The van der Waals surface area contributed by atoms with E-state index in [1.165, 1.54) is 22.7 Å². The van der Waals surface area contributed by atoms with E-state index in [2.05, 4.69) is 20.9 Å². The zero-order valence-electron chi connectivity index (χ0n) is 12.4. The van der Waals surface area contributed by atoms with Crippen molar-refractivity contribution in [3.63, 3.8) is 0 Å². The zero-order valence-corrected chi connectivity index (χ0v) is 17.1. The number of hydrogen-bond donors (Lipinski definition) is 0. The van der Waals surface area contributed by atoms with Gasteiger partial charge in [-0.05, 0) is 40.2 Å². The number of thiazole rings is 1. The zero-order chi connectivity index (χ0) is 17.3. The van der Waals surface area contributed by atoms with Gasteiger partial charge >= 0.3 is 0 Å². The molecule has 0 unspecified atom stereocenters. The largest absolute Gasteiger partial charge is 0.383 e. The summed E-state index contributed by atoms with van der Waals surface area (Å²) >= 11 is 18.5. The van der Waals surface area contributed by atoms with Crippen molar-refractivity contribution in [2.75, 3.05) is 13.7 Å². The SMILES string of the molecule is COCCn1c(=NC(=O)c2ccc(Br)s2)sc2cc(Cl)cc(Cl)c21. The molecule has 24 heavy (non-hydrogen) atoms. The lowest BCUT2D eigenvalue weighted by Crippen LogP contribution is -2.19. The van der Waals surface area contributed by atoms with E-state index in [4.69, 9.17) is 27.9 Å². The Hall–Kier alpha value is -0.700. The fourth-order valence-electron chi connectivity index (χ4n) is 2.18. The van der Waals surface area contributed by atoms with Gasteiger partial charge in [0.25, 0.3) is 5.91 Å². The first-order chi connectivity index (χ1) is 11.5. The first-order valence-corrected chi connectivity index (χ1v) is 9.99. The van der Waals surface area contributed by atoms with Gasteiger partial charge in [0.15, 0.2) is 4.80 Å². The molecule has 0 fully saturated rings. The summed E-state index contributed by atoms with van der Waals surface area (Å²) in [6.45, 7) is 1.02. The van der Waals surface area contributed by atoms with Gasteiger partial charge in [-0.2, -0.15) is 4.99 Å². The molecule has 0 saturated heterocycles. The molecule has 2 aromatic heterocycles. The molecule has 9 heteroatoms. The number of rotatable bonds is 4. The predicted molar refractivity (Wildman–Crippen MR) is 104 cm³/mol. The number of ether oxygens (including phenoxy) is 1. The van der Waals surface area contributed by atoms with Crippen LogP contribution in [0.15, 0.2) is 33.0 Å². The van der Waals surface area contributed by atoms with Crippen LogP contribution in [-0.4, -0.2) is 24.2 Å². The van der Waals surface area contributed by atoms with Crippen LogP contribution in [0, 0.1) is 0 Å². The third-order valence-corrected chi connectivity index (χ3v) is 6.34. The average molecular weight is 466 g/mol. The van der Waals surface area contributed by atoms with Gasteiger partial charge in [0.05, 0.1) is 30.5 Å². The molecule has 1 aromatic carbocycles. The Morgan fingerprint density at radius 1 is 1.33 bits per heavy atom. The molecule has 126 valence electrons. The van der Waals surface area contributed by atoms with Crippen LogP contribution < -0.4 is 4.80 Å². The Morgan fingerprint density at radius 3 is 2.79 bits per heavy atom. The number of carbonyl (C=O) groups excluding carboxylic acids is 1. The fraction of sp³-hybridized carbons (Fsp3) is 0.200. The summed E-state index contributed by atoms with van der Waals surface area (Å²) in [6.07, 6.45) is 0. The van der Waals surface area contributed by atoms with Crippen molar-refractivity contribution in [3.8, 4) is 0 Å². The number of benzene rings is 1. The quantitative estimate of drug-likeness (QED) is 0.530. The molecular weight excluding hydrogens is 455 g/mol. The van der Waals surface area contributed by atoms with Gasteiger partial charge in [-0.15, -0.1) is 11.3 Å². The van der Waals surface area contributed by atoms with Crippen molar-refractivity contribution in [2.45, 2.75) is 6.54 Å². The fourth-order valence-corrected chi connectivity index (χ4v) is 5.28. The number of hydrogen-bond acceptors (Lipinski definition) is 4. The number of carbonyl (C=O) groups is 1. The van der Waals surface area contributed by atoms with E-state index < -0.39 is 0 Å². The van der Waals surface area contributed by atoms with Crippen molar-refractivity contribution >= 4 is 77.9 Å². The molecule has 1 amide bonds. The van der Waals surface area contributed by atoms with E-state index in [0.29, 0.717) is 32.9 Å². The van der Waals surface area contributed by atoms with Gasteiger partial charge in [0.2, 0.25) is 0 Å². The molecule has 0 saturated carbocycles. The van der Waals surface area contributed by atoms with Crippen LogP contribution in [-0.2, 0) is 11.3 Å². The minimum Gasteiger partial charge on any atom is -0.383 e. The molecule has 0 aliphatic rings. The van der Waals surface area contributed by atoms with E-state index in [1.807, 2.05) is 16.7 Å². The van der Waals surface area contributed by atoms with E-state index in [-0.39, 0.29) is 5.91 Å². The standard InChI is InChI=1S/C15H11BrCl2N2O2S2/c1-22-5-4-20-13-9(18)6-8(17)7-11(13)24-15(20)19-14(21)10-2-3-12(16)23-10/h2-3,6-7H,4-5H2,1H3. The summed E-state index contributed by atoms with van der Waals surface area (Å²) in [5.41, 5.74) is 0.807. The van der Waals surface area contributed by atoms with Gasteiger partial charge in [-0.3, -0.25) is 4.79 Å². The lowest BCUT2D eigenvalue weighted by molar-refractivity contribution is 0.100. The normalized spacial score (nSPS) is 12.2. The molecule has 0 radical (unpaired) electrons. The molecule has 0 spiro atoms. The third kappa shape index (κ3) is 3.76. The van der Waals surface area contributed by atoms with Crippen LogP contribution in [0.3, 0.4) is 0 Å². The van der Waals surface area contributed by atoms with Crippen LogP contribution in [0.1, 0.15) is 9.67 Å². The highest BCUT2D eigenvalue weighted by molar-refractivity contribution is 9.11. The molecule has 0 bridgehead atoms. The van der Waals surface area contributed by atoms with Gasteiger partial charge in [0.1, 0.15) is 0 Å². The highest BCUT2D eigenvalue weighted by atomic mass is 79.9. The second kappa shape index (κ2) is 7.68. The average Bonchev–Trinajstić information content (AvgIpc) is 3.09. The van der Waals surface area contributed by atoms with Crippen molar-refractivity contribution < 1.29 is 9.53 Å². The maximum absolute atomic E-state index is 12.4. The highest BCUT2D eigenvalue weighted by Crippen LogP contribution is 2.30.